The topological polar surface area (TPSA) is 116 Å². The Kier molecular flexibility index (Phi) is 17.8. The molecule has 1 rings (SSSR count). The number of carbonyl (C=O) groups is 3. The van der Waals surface area contributed by atoms with Gasteiger partial charge >= 0.3 is 5.97 Å². The van der Waals surface area contributed by atoms with Gasteiger partial charge < -0.3 is 25.2 Å². The van der Waals surface area contributed by atoms with Gasteiger partial charge in [-0.05, 0) is 25.1 Å². The van der Waals surface area contributed by atoms with Crippen molar-refractivity contribution < 1.29 is 29.3 Å². The number of hydrogen-bond donors (Lipinski definition) is 3. The average Bonchev–Trinajstić information content (AvgIpc) is 2.84. The lowest BCUT2D eigenvalue weighted by molar-refractivity contribution is -0.138. The number of aliphatic hydroxyl groups is 2. The molecule has 0 atom stereocenters. The highest BCUT2D eigenvalue weighted by molar-refractivity contribution is 5.86. The first-order valence-electron chi connectivity index (χ1n) is 7.79. The summed E-state index contributed by atoms with van der Waals surface area (Å²) < 4.78 is 4.33. The summed E-state index contributed by atoms with van der Waals surface area (Å²) >= 11 is 0. The van der Waals surface area contributed by atoms with Crippen molar-refractivity contribution in [1.82, 2.24) is 10.2 Å². The monoisotopic (exact) mass is 356 g/mol. The van der Waals surface area contributed by atoms with Gasteiger partial charge in [-0.25, -0.2) is 4.79 Å². The van der Waals surface area contributed by atoms with Crippen LogP contribution in [0.25, 0.3) is 0 Å². The molecule has 3 N–H and O–H groups in total. The number of carbonyl (C=O) groups excluding carboxylic acids is 3. The number of nitrogens with zero attached hydrogens (tertiary/aromatic N) is 1. The maximum Gasteiger partial charge on any atom is 0.330 e. The smallest absolute Gasteiger partial charge is 0.330 e. The van der Waals surface area contributed by atoms with Crippen LogP contribution in [0.1, 0.15) is 25.7 Å². The van der Waals surface area contributed by atoms with Gasteiger partial charge in [0, 0.05) is 19.0 Å². The lowest BCUT2D eigenvalue weighted by Gasteiger charge is -2.13. The molecule has 1 saturated heterocycles. The molecule has 0 aromatic carbocycles. The molecular formula is C17H28N2O6. The SMILES string of the molecule is C=CC(=O)NCO.C=CC(=O)OCCO.C=CN1CCCCCC1=O. The van der Waals surface area contributed by atoms with Gasteiger partial charge in [-0.1, -0.05) is 26.2 Å². The summed E-state index contributed by atoms with van der Waals surface area (Å²) in [5, 5.41) is 18.2. The van der Waals surface area contributed by atoms with Crippen LogP contribution in [0.4, 0.5) is 0 Å². The summed E-state index contributed by atoms with van der Waals surface area (Å²) in [6.07, 6.45) is 7.82. The van der Waals surface area contributed by atoms with E-state index in [2.05, 4.69) is 29.8 Å². The Balaban J connectivity index is 0. The van der Waals surface area contributed by atoms with Gasteiger partial charge in [-0.15, -0.1) is 0 Å². The normalized spacial score (nSPS) is 12.9. The third kappa shape index (κ3) is 16.2. The average molecular weight is 356 g/mol. The minimum atomic E-state index is -0.501. The number of hydrogen-bond acceptors (Lipinski definition) is 6. The number of ether oxygens (including phenoxy) is 1. The van der Waals surface area contributed by atoms with Crippen LogP contribution in [0, 0.1) is 0 Å². The Hall–Kier alpha value is -2.45. The van der Waals surface area contributed by atoms with E-state index in [1.165, 1.54) is 6.42 Å². The molecule has 0 radical (unpaired) electrons. The highest BCUT2D eigenvalue weighted by atomic mass is 16.5. The maximum atomic E-state index is 11.1. The van der Waals surface area contributed by atoms with Crippen LogP contribution in [0.2, 0.25) is 0 Å². The Labute approximate surface area is 148 Å². The third-order valence-corrected chi connectivity index (χ3v) is 2.77. The lowest BCUT2D eigenvalue weighted by atomic mass is 10.2. The van der Waals surface area contributed by atoms with Gasteiger partial charge in [-0.3, -0.25) is 9.59 Å². The zero-order chi connectivity index (χ0) is 19.5. The summed E-state index contributed by atoms with van der Waals surface area (Å²) in [6, 6.07) is 0. The molecular weight excluding hydrogens is 328 g/mol. The molecule has 0 aromatic rings. The van der Waals surface area contributed by atoms with Crippen molar-refractivity contribution in [3.63, 3.8) is 0 Å². The van der Waals surface area contributed by atoms with Crippen LogP contribution >= 0.6 is 0 Å². The fraction of sp³-hybridized carbons (Fsp3) is 0.471. The highest BCUT2D eigenvalue weighted by Gasteiger charge is 2.12. The van der Waals surface area contributed by atoms with E-state index in [1.54, 1.807) is 11.1 Å². The van der Waals surface area contributed by atoms with E-state index in [-0.39, 0.29) is 31.8 Å². The number of amides is 2. The zero-order valence-electron chi connectivity index (χ0n) is 14.5. The summed E-state index contributed by atoms with van der Waals surface area (Å²) in [6.45, 7) is 10.3. The van der Waals surface area contributed by atoms with Crippen molar-refractivity contribution in [2.75, 3.05) is 26.5 Å². The third-order valence-electron chi connectivity index (χ3n) is 2.77. The Bertz CT molecular complexity index is 437. The van der Waals surface area contributed by atoms with E-state index in [9.17, 15) is 14.4 Å². The number of esters is 1. The minimum Gasteiger partial charge on any atom is -0.460 e. The number of aliphatic hydroxyl groups excluding tert-OH is 2. The summed E-state index contributed by atoms with van der Waals surface area (Å²) in [5.41, 5.74) is 0. The first kappa shape index (κ1) is 24.8. The molecule has 0 bridgehead atoms. The van der Waals surface area contributed by atoms with Gasteiger partial charge in [0.05, 0.1) is 6.61 Å². The molecule has 0 aliphatic carbocycles. The molecule has 8 heteroatoms. The first-order chi connectivity index (χ1) is 12.0. The molecule has 0 aromatic heterocycles. The molecule has 0 spiro atoms. The van der Waals surface area contributed by atoms with Gasteiger partial charge in [0.2, 0.25) is 11.8 Å². The van der Waals surface area contributed by atoms with Crippen LogP contribution in [-0.4, -0.2) is 59.4 Å². The molecule has 1 heterocycles. The van der Waals surface area contributed by atoms with E-state index in [4.69, 9.17) is 10.2 Å². The Morgan fingerprint density at radius 3 is 2.28 bits per heavy atom. The fourth-order valence-electron chi connectivity index (χ4n) is 1.55. The van der Waals surface area contributed by atoms with E-state index in [1.807, 2.05) is 0 Å². The summed E-state index contributed by atoms with van der Waals surface area (Å²) in [5.74, 6) is -0.631. The molecule has 1 fully saturated rings. The van der Waals surface area contributed by atoms with Crippen molar-refractivity contribution in [3.05, 3.63) is 38.1 Å². The largest absolute Gasteiger partial charge is 0.460 e. The van der Waals surface area contributed by atoms with Crippen molar-refractivity contribution in [3.8, 4) is 0 Å². The van der Waals surface area contributed by atoms with Crippen LogP contribution < -0.4 is 5.32 Å². The number of nitrogens with one attached hydrogen (secondary N) is 1. The zero-order valence-corrected chi connectivity index (χ0v) is 14.5. The van der Waals surface area contributed by atoms with Crippen molar-refractivity contribution >= 4 is 17.8 Å². The van der Waals surface area contributed by atoms with Crippen LogP contribution in [0.5, 0.6) is 0 Å². The first-order valence-corrected chi connectivity index (χ1v) is 7.79. The second-order valence-corrected chi connectivity index (χ2v) is 4.58. The number of likely N-dealkylation sites (tertiary alicyclic amines) is 1. The molecule has 0 unspecified atom stereocenters. The van der Waals surface area contributed by atoms with E-state index < -0.39 is 5.97 Å². The maximum absolute atomic E-state index is 11.1. The summed E-state index contributed by atoms with van der Waals surface area (Å²) in [4.78, 5) is 33.0. The number of rotatable bonds is 6. The lowest BCUT2D eigenvalue weighted by Crippen LogP contribution is -2.23. The van der Waals surface area contributed by atoms with Gasteiger partial charge in [-0.2, -0.15) is 0 Å². The Morgan fingerprint density at radius 2 is 1.84 bits per heavy atom. The van der Waals surface area contributed by atoms with Crippen molar-refractivity contribution in [2.45, 2.75) is 25.7 Å². The predicted molar refractivity (Wildman–Crippen MR) is 94.0 cm³/mol. The Morgan fingerprint density at radius 1 is 1.16 bits per heavy atom. The van der Waals surface area contributed by atoms with Gasteiger partial charge in [0.1, 0.15) is 13.3 Å². The van der Waals surface area contributed by atoms with E-state index >= 15 is 0 Å². The van der Waals surface area contributed by atoms with Crippen molar-refractivity contribution in [1.29, 1.82) is 0 Å². The molecule has 25 heavy (non-hydrogen) atoms. The molecule has 8 nitrogen and oxygen atoms in total. The molecule has 2 amide bonds. The summed E-state index contributed by atoms with van der Waals surface area (Å²) in [7, 11) is 0. The van der Waals surface area contributed by atoms with Crippen LogP contribution in [0.15, 0.2) is 38.1 Å². The van der Waals surface area contributed by atoms with Crippen LogP contribution in [-0.2, 0) is 19.1 Å². The fourth-order valence-corrected chi connectivity index (χ4v) is 1.55. The van der Waals surface area contributed by atoms with Gasteiger partial charge in [0.25, 0.3) is 0 Å². The standard InChI is InChI=1S/C8H13NO.C5H8O3.C4H7NO2/c1-2-9-7-5-3-4-6-8(9)10;1-2-5(7)8-4-3-6;1-2-4(7)5-3-6/h2H,1,3-7H2;2,6H,1,3-4H2;2,6H,1,3H2,(H,5,7). The molecule has 1 aliphatic rings. The predicted octanol–water partition coefficient (Wildman–Crippen LogP) is 0.479. The molecule has 1 aliphatic heterocycles. The van der Waals surface area contributed by atoms with Crippen LogP contribution in [0.3, 0.4) is 0 Å². The second kappa shape index (κ2) is 17.9. The molecule has 142 valence electrons. The molecule has 0 saturated carbocycles. The van der Waals surface area contributed by atoms with Gasteiger partial charge in [0.15, 0.2) is 0 Å². The van der Waals surface area contributed by atoms with E-state index in [0.717, 1.165) is 31.5 Å². The minimum absolute atomic E-state index is 0.0465. The highest BCUT2D eigenvalue weighted by Crippen LogP contribution is 2.10. The van der Waals surface area contributed by atoms with Crippen molar-refractivity contribution in [2.24, 2.45) is 0 Å². The van der Waals surface area contributed by atoms with E-state index in [0.29, 0.717) is 6.42 Å². The second-order valence-electron chi connectivity index (χ2n) is 4.58. The quantitative estimate of drug-likeness (QED) is 0.362.